The zero-order chi connectivity index (χ0) is 11.1. The van der Waals surface area contributed by atoms with Crippen molar-refractivity contribution in [3.05, 3.63) is 35.4 Å². The molecule has 1 amide bonds. The first kappa shape index (κ1) is 13.0. The summed E-state index contributed by atoms with van der Waals surface area (Å²) in [5.74, 6) is 0.488. The Morgan fingerprint density at radius 3 is 2.64 bits per heavy atom. The van der Waals surface area contributed by atoms with Gasteiger partial charge in [-0.05, 0) is 13.0 Å². The largest absolute Gasteiger partial charge is 0.325 e. The highest BCUT2D eigenvalue weighted by molar-refractivity contribution is 8.04. The lowest BCUT2D eigenvalue weighted by Gasteiger charge is -2.17. The molecule has 0 aromatic heterocycles. The Kier molecular flexibility index (Phi) is 6.04. The smallest absolute Gasteiger partial charge is 0.234 e. The van der Waals surface area contributed by atoms with Crippen LogP contribution in [0.4, 0.5) is 0 Å². The summed E-state index contributed by atoms with van der Waals surface area (Å²) in [6, 6.07) is 0. The average Bonchev–Trinajstić information content (AvgIpc) is 2.13. The van der Waals surface area contributed by atoms with E-state index in [1.807, 2.05) is 26.8 Å². The molecule has 1 N–H and O–H groups in total. The molecule has 80 valence electrons. The zero-order valence-corrected chi connectivity index (χ0v) is 9.83. The quantitative estimate of drug-likeness (QED) is 0.725. The molecule has 0 aliphatic carbocycles. The Morgan fingerprint density at radius 2 is 2.21 bits per heavy atom. The van der Waals surface area contributed by atoms with Gasteiger partial charge in [0.05, 0.1) is 5.75 Å². The van der Waals surface area contributed by atoms with Gasteiger partial charge in [0.15, 0.2) is 0 Å². The Morgan fingerprint density at radius 1 is 1.64 bits per heavy atom. The highest BCUT2D eigenvalue weighted by Gasteiger charge is 2.15. The SMILES string of the molecule is C=C(C)/C=C1/SCC(=O)NC1=C.CC.[HH]. The van der Waals surface area contributed by atoms with Crippen LogP contribution in [0.5, 0.6) is 0 Å². The predicted molar refractivity (Wildman–Crippen MR) is 66.1 cm³/mol. The van der Waals surface area contributed by atoms with Gasteiger partial charge in [0, 0.05) is 12.0 Å². The maximum Gasteiger partial charge on any atom is 0.234 e. The minimum absolute atomic E-state index is 0. The summed E-state index contributed by atoms with van der Waals surface area (Å²) >= 11 is 1.50. The molecule has 0 spiro atoms. The third-order valence-electron chi connectivity index (χ3n) is 1.32. The second-order valence-corrected chi connectivity index (χ2v) is 3.69. The van der Waals surface area contributed by atoms with Gasteiger partial charge in [0.25, 0.3) is 0 Å². The van der Waals surface area contributed by atoms with E-state index >= 15 is 0 Å². The number of thioether (sulfide) groups is 1. The molecule has 0 aromatic carbocycles. The van der Waals surface area contributed by atoms with Crippen molar-refractivity contribution in [2.75, 3.05) is 5.75 Å². The molecular weight excluding hydrogens is 194 g/mol. The van der Waals surface area contributed by atoms with E-state index in [4.69, 9.17) is 0 Å². The lowest BCUT2D eigenvalue weighted by molar-refractivity contribution is -0.117. The molecule has 0 aromatic rings. The first-order valence-electron chi connectivity index (χ1n) is 4.58. The molecule has 3 heteroatoms. The first-order chi connectivity index (χ1) is 6.59. The fourth-order valence-corrected chi connectivity index (χ4v) is 1.72. The van der Waals surface area contributed by atoms with E-state index in [0.29, 0.717) is 11.4 Å². The molecule has 2 nitrogen and oxygen atoms in total. The van der Waals surface area contributed by atoms with Crippen LogP contribution < -0.4 is 5.32 Å². The molecule has 0 bridgehead atoms. The summed E-state index contributed by atoms with van der Waals surface area (Å²) in [5, 5.41) is 2.67. The van der Waals surface area contributed by atoms with Gasteiger partial charge in [-0.3, -0.25) is 4.79 Å². The van der Waals surface area contributed by atoms with Crippen molar-refractivity contribution in [2.24, 2.45) is 0 Å². The number of hydrogen-bond acceptors (Lipinski definition) is 2. The number of carbonyl (C=O) groups excluding carboxylic acids is 1. The number of hydrogen-bond donors (Lipinski definition) is 1. The number of amides is 1. The predicted octanol–water partition coefficient (Wildman–Crippen LogP) is 3.10. The monoisotopic (exact) mass is 213 g/mol. The maximum atomic E-state index is 10.9. The standard InChI is InChI=1S/C9H11NOS.C2H6.H2/c1-6(2)4-8-7(3)10-9(11)5-12-8;1-2;/h4H,1,3,5H2,2H3,(H,10,11);1-2H3;1H/b8-4+;;. The lowest BCUT2D eigenvalue weighted by atomic mass is 10.3. The van der Waals surface area contributed by atoms with E-state index in [2.05, 4.69) is 18.5 Å². The van der Waals surface area contributed by atoms with E-state index in [1.54, 1.807) is 0 Å². The van der Waals surface area contributed by atoms with Crippen LogP contribution in [0.15, 0.2) is 35.4 Å². The van der Waals surface area contributed by atoms with Crippen molar-refractivity contribution in [1.29, 1.82) is 0 Å². The van der Waals surface area contributed by atoms with Gasteiger partial charge in [0.2, 0.25) is 5.91 Å². The molecule has 0 atom stereocenters. The van der Waals surface area contributed by atoms with E-state index in [1.165, 1.54) is 11.8 Å². The molecule has 14 heavy (non-hydrogen) atoms. The molecule has 1 fully saturated rings. The highest BCUT2D eigenvalue weighted by Crippen LogP contribution is 2.26. The van der Waals surface area contributed by atoms with Gasteiger partial charge in [-0.1, -0.05) is 32.6 Å². The van der Waals surface area contributed by atoms with Crippen molar-refractivity contribution >= 4 is 17.7 Å². The van der Waals surface area contributed by atoms with Crippen LogP contribution in [0.2, 0.25) is 0 Å². The van der Waals surface area contributed by atoms with Crippen LogP contribution in [-0.4, -0.2) is 11.7 Å². The van der Waals surface area contributed by atoms with Gasteiger partial charge in [0.1, 0.15) is 0 Å². The topological polar surface area (TPSA) is 29.1 Å². The molecule has 0 saturated carbocycles. The van der Waals surface area contributed by atoms with Gasteiger partial charge in [-0.25, -0.2) is 0 Å². The Bertz CT molecular complexity index is 284. The summed E-state index contributed by atoms with van der Waals surface area (Å²) in [4.78, 5) is 11.9. The number of nitrogens with one attached hydrogen (secondary N) is 1. The number of allylic oxidation sites excluding steroid dienone is 2. The maximum absolute atomic E-state index is 10.9. The molecule has 1 heterocycles. The Labute approximate surface area is 91.6 Å². The minimum Gasteiger partial charge on any atom is -0.325 e. The molecule has 1 saturated heterocycles. The van der Waals surface area contributed by atoms with Crippen LogP contribution in [0, 0.1) is 0 Å². The normalized spacial score (nSPS) is 18.4. The summed E-state index contributed by atoms with van der Waals surface area (Å²) in [5.41, 5.74) is 1.65. The molecule has 0 unspecified atom stereocenters. The Hall–Kier alpha value is -0.960. The fraction of sp³-hybridized carbons (Fsp3) is 0.364. The van der Waals surface area contributed by atoms with Crippen molar-refractivity contribution in [3.63, 3.8) is 0 Å². The van der Waals surface area contributed by atoms with Crippen LogP contribution in [0.1, 0.15) is 22.2 Å². The summed E-state index contributed by atoms with van der Waals surface area (Å²) < 4.78 is 0. The summed E-state index contributed by atoms with van der Waals surface area (Å²) in [6.45, 7) is 13.4. The second kappa shape index (κ2) is 6.49. The molecule has 0 radical (unpaired) electrons. The van der Waals surface area contributed by atoms with Crippen molar-refractivity contribution in [3.8, 4) is 0 Å². The summed E-state index contributed by atoms with van der Waals surface area (Å²) in [6.07, 6.45) is 1.92. The second-order valence-electron chi connectivity index (χ2n) is 2.67. The van der Waals surface area contributed by atoms with Gasteiger partial charge >= 0.3 is 0 Å². The number of carbonyl (C=O) groups is 1. The molecule has 1 aliphatic rings. The van der Waals surface area contributed by atoms with Crippen molar-refractivity contribution in [2.45, 2.75) is 20.8 Å². The third-order valence-corrected chi connectivity index (χ3v) is 2.41. The van der Waals surface area contributed by atoms with Crippen molar-refractivity contribution < 1.29 is 6.22 Å². The Balaban J connectivity index is 0. The zero-order valence-electron chi connectivity index (χ0n) is 9.02. The van der Waals surface area contributed by atoms with Crippen LogP contribution in [-0.2, 0) is 4.79 Å². The lowest BCUT2D eigenvalue weighted by Crippen LogP contribution is -2.28. The molecule has 1 aliphatic heterocycles. The number of rotatable bonds is 1. The van der Waals surface area contributed by atoms with Crippen LogP contribution in [0.25, 0.3) is 0 Å². The first-order valence-corrected chi connectivity index (χ1v) is 5.57. The summed E-state index contributed by atoms with van der Waals surface area (Å²) in [7, 11) is 0. The minimum atomic E-state index is 0. The average molecular weight is 213 g/mol. The van der Waals surface area contributed by atoms with Crippen molar-refractivity contribution in [1.82, 2.24) is 5.32 Å². The van der Waals surface area contributed by atoms with Gasteiger partial charge in [-0.15, -0.1) is 11.8 Å². The van der Waals surface area contributed by atoms with E-state index in [-0.39, 0.29) is 7.33 Å². The van der Waals surface area contributed by atoms with E-state index in [0.717, 1.165) is 10.5 Å². The van der Waals surface area contributed by atoms with Crippen LogP contribution in [0.3, 0.4) is 0 Å². The fourth-order valence-electron chi connectivity index (χ4n) is 0.849. The van der Waals surface area contributed by atoms with E-state index in [9.17, 15) is 4.79 Å². The molecule has 1 rings (SSSR count). The van der Waals surface area contributed by atoms with Gasteiger partial charge < -0.3 is 5.32 Å². The third kappa shape index (κ3) is 4.33. The van der Waals surface area contributed by atoms with Crippen LogP contribution >= 0.6 is 11.8 Å². The molecular formula is C11H19NOS. The highest BCUT2D eigenvalue weighted by atomic mass is 32.2. The van der Waals surface area contributed by atoms with Gasteiger partial charge in [-0.2, -0.15) is 0 Å². The van der Waals surface area contributed by atoms with E-state index < -0.39 is 0 Å².